The maximum Gasteiger partial charge on any atom is 0.329 e. The molecule has 106 valence electrons. The minimum Gasteiger partial charge on any atom is -0.354 e. The van der Waals surface area contributed by atoms with Gasteiger partial charge < -0.3 is 10.2 Å². The second kappa shape index (κ2) is 5.81. The van der Waals surface area contributed by atoms with Crippen LogP contribution in [-0.4, -0.2) is 34.0 Å². The Hall–Kier alpha value is -1.92. The van der Waals surface area contributed by atoms with Crippen LogP contribution in [0.1, 0.15) is 34.1 Å². The molecule has 0 unspecified atom stereocenters. The van der Waals surface area contributed by atoms with Gasteiger partial charge in [0.25, 0.3) is 0 Å². The Morgan fingerprint density at radius 3 is 2.58 bits per heavy atom. The minimum atomic E-state index is -0.451. The zero-order valence-electron chi connectivity index (χ0n) is 12.1. The highest BCUT2D eigenvalue weighted by atomic mass is 16.6. The highest BCUT2D eigenvalue weighted by molar-refractivity contribution is 5.59. The second-order valence-electron chi connectivity index (χ2n) is 4.91. The standard InChI is InChI=1S/C12H21N5O2/c1-6-12(3,4)16(5)10-9(17(18)19)8-14-11(15-10)13-7-2/h8H,6-7H2,1-5H3,(H,13,14,15). The molecule has 0 aliphatic rings. The highest BCUT2D eigenvalue weighted by Gasteiger charge is 2.29. The van der Waals surface area contributed by atoms with Crippen LogP contribution in [0.3, 0.4) is 0 Å². The molecule has 0 atom stereocenters. The molecule has 1 aromatic heterocycles. The molecule has 0 amide bonds. The summed E-state index contributed by atoms with van der Waals surface area (Å²) in [6.45, 7) is 8.66. The first-order valence-corrected chi connectivity index (χ1v) is 6.32. The van der Waals surface area contributed by atoms with E-state index in [4.69, 9.17) is 0 Å². The van der Waals surface area contributed by atoms with E-state index in [0.29, 0.717) is 18.3 Å². The van der Waals surface area contributed by atoms with Crippen LogP contribution in [0.5, 0.6) is 0 Å². The van der Waals surface area contributed by atoms with E-state index >= 15 is 0 Å². The van der Waals surface area contributed by atoms with E-state index < -0.39 is 4.92 Å². The lowest BCUT2D eigenvalue weighted by Gasteiger charge is -2.35. The molecule has 0 spiro atoms. The molecule has 0 saturated heterocycles. The van der Waals surface area contributed by atoms with Crippen molar-refractivity contribution in [1.82, 2.24) is 9.97 Å². The van der Waals surface area contributed by atoms with Crippen molar-refractivity contribution in [2.45, 2.75) is 39.7 Å². The summed E-state index contributed by atoms with van der Waals surface area (Å²) in [4.78, 5) is 20.7. The molecular formula is C12H21N5O2. The van der Waals surface area contributed by atoms with Crippen molar-refractivity contribution in [3.05, 3.63) is 16.3 Å². The van der Waals surface area contributed by atoms with Gasteiger partial charge in [0.1, 0.15) is 6.20 Å². The molecule has 0 saturated carbocycles. The van der Waals surface area contributed by atoms with E-state index in [-0.39, 0.29) is 11.2 Å². The van der Waals surface area contributed by atoms with Crippen molar-refractivity contribution in [2.75, 3.05) is 23.8 Å². The highest BCUT2D eigenvalue weighted by Crippen LogP contribution is 2.31. The van der Waals surface area contributed by atoms with Gasteiger partial charge >= 0.3 is 5.69 Å². The molecule has 19 heavy (non-hydrogen) atoms. The van der Waals surface area contributed by atoms with Gasteiger partial charge in [-0.25, -0.2) is 4.98 Å². The number of nitro groups is 1. The third-order valence-electron chi connectivity index (χ3n) is 3.37. The zero-order chi connectivity index (χ0) is 14.6. The van der Waals surface area contributed by atoms with Crippen LogP contribution in [0.25, 0.3) is 0 Å². The van der Waals surface area contributed by atoms with Crippen molar-refractivity contribution in [2.24, 2.45) is 0 Å². The van der Waals surface area contributed by atoms with E-state index in [1.807, 2.05) is 39.6 Å². The normalized spacial score (nSPS) is 11.2. The first-order valence-electron chi connectivity index (χ1n) is 6.32. The fourth-order valence-corrected chi connectivity index (χ4v) is 1.51. The van der Waals surface area contributed by atoms with Crippen molar-refractivity contribution in [3.8, 4) is 0 Å². The summed E-state index contributed by atoms with van der Waals surface area (Å²) >= 11 is 0. The van der Waals surface area contributed by atoms with Crippen LogP contribution in [0.2, 0.25) is 0 Å². The lowest BCUT2D eigenvalue weighted by Crippen LogP contribution is -2.41. The Morgan fingerprint density at radius 1 is 1.47 bits per heavy atom. The van der Waals surface area contributed by atoms with Gasteiger partial charge in [-0.1, -0.05) is 6.92 Å². The molecule has 7 heteroatoms. The zero-order valence-corrected chi connectivity index (χ0v) is 12.1. The average Bonchev–Trinajstić information content (AvgIpc) is 2.37. The van der Waals surface area contributed by atoms with Gasteiger partial charge in [-0.05, 0) is 27.2 Å². The number of hydrogen-bond donors (Lipinski definition) is 1. The monoisotopic (exact) mass is 267 g/mol. The maximum atomic E-state index is 11.1. The van der Waals surface area contributed by atoms with E-state index in [2.05, 4.69) is 15.3 Å². The third kappa shape index (κ3) is 3.30. The number of nitrogens with zero attached hydrogens (tertiary/aromatic N) is 4. The van der Waals surface area contributed by atoms with Gasteiger partial charge in [-0.2, -0.15) is 4.98 Å². The lowest BCUT2D eigenvalue weighted by atomic mass is 10.00. The van der Waals surface area contributed by atoms with Crippen molar-refractivity contribution in [3.63, 3.8) is 0 Å². The smallest absolute Gasteiger partial charge is 0.329 e. The first kappa shape index (κ1) is 15.1. The predicted molar refractivity (Wildman–Crippen MR) is 75.6 cm³/mol. The molecule has 7 nitrogen and oxygen atoms in total. The van der Waals surface area contributed by atoms with Crippen molar-refractivity contribution in [1.29, 1.82) is 0 Å². The average molecular weight is 267 g/mol. The summed E-state index contributed by atoms with van der Waals surface area (Å²) in [5.41, 5.74) is -0.298. The van der Waals surface area contributed by atoms with Crippen LogP contribution in [-0.2, 0) is 0 Å². The number of rotatable bonds is 6. The third-order valence-corrected chi connectivity index (χ3v) is 3.37. The molecule has 1 aromatic rings. The quantitative estimate of drug-likeness (QED) is 0.629. The minimum absolute atomic E-state index is 0.0781. The molecule has 0 aliphatic carbocycles. The van der Waals surface area contributed by atoms with Crippen molar-refractivity contribution >= 4 is 17.5 Å². The summed E-state index contributed by atoms with van der Waals surface area (Å²) in [6.07, 6.45) is 2.10. The van der Waals surface area contributed by atoms with E-state index in [1.54, 1.807) is 0 Å². The number of hydrogen-bond acceptors (Lipinski definition) is 6. The van der Waals surface area contributed by atoms with Gasteiger partial charge in [0, 0.05) is 19.1 Å². The van der Waals surface area contributed by atoms with Gasteiger partial charge in [0.05, 0.1) is 4.92 Å². The van der Waals surface area contributed by atoms with Gasteiger partial charge in [-0.15, -0.1) is 0 Å². The second-order valence-corrected chi connectivity index (χ2v) is 4.91. The molecule has 0 fully saturated rings. The van der Waals surface area contributed by atoms with Crippen LogP contribution in [0.15, 0.2) is 6.20 Å². The van der Waals surface area contributed by atoms with Gasteiger partial charge in [0.2, 0.25) is 11.8 Å². The predicted octanol–water partition coefficient (Wildman–Crippen LogP) is 2.44. The molecule has 0 aliphatic heterocycles. The van der Waals surface area contributed by atoms with Crippen LogP contribution in [0, 0.1) is 10.1 Å². The van der Waals surface area contributed by atoms with Crippen LogP contribution >= 0.6 is 0 Å². The molecule has 0 bridgehead atoms. The van der Waals surface area contributed by atoms with Crippen LogP contribution < -0.4 is 10.2 Å². The Labute approximate surface area is 113 Å². The summed E-state index contributed by atoms with van der Waals surface area (Å²) < 4.78 is 0. The number of anilines is 2. The summed E-state index contributed by atoms with van der Waals surface area (Å²) in [5, 5.41) is 14.1. The molecule has 1 rings (SSSR count). The van der Waals surface area contributed by atoms with Crippen LogP contribution in [0.4, 0.5) is 17.5 Å². The van der Waals surface area contributed by atoms with Gasteiger partial charge in [0.15, 0.2) is 0 Å². The van der Waals surface area contributed by atoms with E-state index in [0.717, 1.165) is 6.42 Å². The lowest BCUT2D eigenvalue weighted by molar-refractivity contribution is -0.384. The topological polar surface area (TPSA) is 84.2 Å². The fraction of sp³-hybridized carbons (Fsp3) is 0.667. The largest absolute Gasteiger partial charge is 0.354 e. The molecule has 0 aromatic carbocycles. The Morgan fingerprint density at radius 2 is 2.11 bits per heavy atom. The molecular weight excluding hydrogens is 246 g/mol. The summed E-state index contributed by atoms with van der Waals surface area (Å²) in [5.74, 6) is 0.740. The SMILES string of the molecule is CCNc1ncc([N+](=O)[O-])c(N(C)C(C)(C)CC)n1. The number of aromatic nitrogens is 2. The number of nitrogens with one attached hydrogen (secondary N) is 1. The Bertz CT molecular complexity index is 461. The fourth-order valence-electron chi connectivity index (χ4n) is 1.51. The Balaban J connectivity index is 3.28. The summed E-state index contributed by atoms with van der Waals surface area (Å²) in [7, 11) is 1.81. The van der Waals surface area contributed by atoms with E-state index in [9.17, 15) is 10.1 Å². The molecule has 1 N–H and O–H groups in total. The van der Waals surface area contributed by atoms with Gasteiger partial charge in [-0.3, -0.25) is 10.1 Å². The Kier molecular flexibility index (Phi) is 4.63. The first-order chi connectivity index (χ1) is 8.83. The molecule has 1 heterocycles. The maximum absolute atomic E-state index is 11.1. The van der Waals surface area contributed by atoms with Crippen molar-refractivity contribution < 1.29 is 4.92 Å². The summed E-state index contributed by atoms with van der Waals surface area (Å²) in [6, 6.07) is 0. The molecule has 0 radical (unpaired) electrons. The van der Waals surface area contributed by atoms with E-state index in [1.165, 1.54) is 6.20 Å².